The molecule has 0 aromatic carbocycles. The molecule has 98 valence electrons. The highest BCUT2D eigenvalue weighted by molar-refractivity contribution is 8.07. The summed E-state index contributed by atoms with van der Waals surface area (Å²) in [6.07, 6.45) is 3.20. The number of ketones is 1. The van der Waals surface area contributed by atoms with Crippen molar-refractivity contribution in [2.75, 3.05) is 17.2 Å². The van der Waals surface area contributed by atoms with Gasteiger partial charge in [-0.1, -0.05) is 6.92 Å². The fourth-order valence-corrected chi connectivity index (χ4v) is 5.14. The van der Waals surface area contributed by atoms with E-state index in [1.165, 1.54) is 0 Å². The van der Waals surface area contributed by atoms with Gasteiger partial charge in [-0.15, -0.1) is 11.8 Å². The van der Waals surface area contributed by atoms with Gasteiger partial charge < -0.3 is 5.73 Å². The van der Waals surface area contributed by atoms with Gasteiger partial charge in [0.15, 0.2) is 5.78 Å². The number of nitrogen functional groups attached to an aromatic ring is 1. The number of hydrogen-bond donors (Lipinski definition) is 1. The number of aromatic nitrogens is 1. The lowest BCUT2D eigenvalue weighted by Gasteiger charge is -2.28. The Kier molecular flexibility index (Phi) is 4.95. The molecule has 0 radical (unpaired) electrons. The molecule has 18 heavy (non-hydrogen) atoms. The predicted molar refractivity (Wildman–Crippen MR) is 80.1 cm³/mol. The molecule has 1 saturated heterocycles. The van der Waals surface area contributed by atoms with Crippen molar-refractivity contribution < 1.29 is 4.79 Å². The maximum absolute atomic E-state index is 12.4. The summed E-state index contributed by atoms with van der Waals surface area (Å²) in [6.45, 7) is 2.16. The van der Waals surface area contributed by atoms with Crippen LogP contribution in [0.25, 0.3) is 0 Å². The van der Waals surface area contributed by atoms with Crippen LogP contribution in [0.3, 0.4) is 0 Å². The Morgan fingerprint density at radius 1 is 1.50 bits per heavy atom. The molecule has 5 heteroatoms. The van der Waals surface area contributed by atoms with Gasteiger partial charge in [-0.25, -0.2) is 4.98 Å². The number of pyridine rings is 1. The third kappa shape index (κ3) is 3.42. The molecule has 0 bridgehead atoms. The molecule has 2 heterocycles. The minimum atomic E-state index is 0.142. The molecule has 1 fully saturated rings. The monoisotopic (exact) mass is 282 g/mol. The molecule has 0 aliphatic carbocycles. The van der Waals surface area contributed by atoms with Crippen molar-refractivity contribution in [3.63, 3.8) is 0 Å². The standard InChI is InChI=1S/C13H18N2OS2/c1-2-11-13(18-6-5-17-11)10(16)7-9-3-4-15-12(14)8-9/h3-4,8,11,13H,2,5-7H2,1H3,(H2,14,15). The van der Waals surface area contributed by atoms with Gasteiger partial charge in [0.2, 0.25) is 0 Å². The fraction of sp³-hybridized carbons (Fsp3) is 0.538. The van der Waals surface area contributed by atoms with Crippen LogP contribution in [0.2, 0.25) is 0 Å². The number of nitrogens with zero attached hydrogens (tertiary/aromatic N) is 1. The van der Waals surface area contributed by atoms with Crippen LogP contribution in [0.15, 0.2) is 18.3 Å². The second kappa shape index (κ2) is 6.48. The highest BCUT2D eigenvalue weighted by Crippen LogP contribution is 2.34. The van der Waals surface area contributed by atoms with Crippen LogP contribution in [0.4, 0.5) is 5.82 Å². The normalized spacial score (nSPS) is 23.8. The van der Waals surface area contributed by atoms with Crippen molar-refractivity contribution in [2.24, 2.45) is 0 Å². The SMILES string of the molecule is CCC1SCCSC1C(=O)Cc1ccnc(N)c1. The van der Waals surface area contributed by atoms with Gasteiger partial charge in [-0.05, 0) is 24.1 Å². The van der Waals surface area contributed by atoms with Crippen molar-refractivity contribution in [3.05, 3.63) is 23.9 Å². The van der Waals surface area contributed by atoms with Gasteiger partial charge in [-0.3, -0.25) is 4.79 Å². The van der Waals surface area contributed by atoms with E-state index in [-0.39, 0.29) is 5.25 Å². The molecule has 0 amide bonds. The minimum Gasteiger partial charge on any atom is -0.384 e. The quantitative estimate of drug-likeness (QED) is 0.919. The molecular weight excluding hydrogens is 264 g/mol. The Bertz CT molecular complexity index is 425. The Morgan fingerprint density at radius 3 is 3.00 bits per heavy atom. The molecule has 2 unspecified atom stereocenters. The Morgan fingerprint density at radius 2 is 2.28 bits per heavy atom. The molecular formula is C13H18N2OS2. The molecule has 1 aromatic rings. The Balaban J connectivity index is 2.02. The Labute approximate surface area is 116 Å². The zero-order chi connectivity index (χ0) is 13.0. The van der Waals surface area contributed by atoms with Crippen LogP contribution in [0.1, 0.15) is 18.9 Å². The maximum atomic E-state index is 12.4. The smallest absolute Gasteiger partial charge is 0.151 e. The van der Waals surface area contributed by atoms with E-state index in [0.717, 1.165) is 23.5 Å². The lowest BCUT2D eigenvalue weighted by atomic mass is 10.1. The first-order chi connectivity index (χ1) is 8.70. The van der Waals surface area contributed by atoms with E-state index < -0.39 is 0 Å². The lowest BCUT2D eigenvalue weighted by Crippen LogP contribution is -2.33. The zero-order valence-corrected chi connectivity index (χ0v) is 12.1. The topological polar surface area (TPSA) is 56.0 Å². The van der Waals surface area contributed by atoms with Crippen LogP contribution >= 0.6 is 23.5 Å². The molecule has 2 N–H and O–H groups in total. The number of rotatable bonds is 4. The fourth-order valence-electron chi connectivity index (χ4n) is 2.11. The minimum absolute atomic E-state index is 0.142. The number of hydrogen-bond acceptors (Lipinski definition) is 5. The summed E-state index contributed by atoms with van der Waals surface area (Å²) < 4.78 is 0. The summed E-state index contributed by atoms with van der Waals surface area (Å²) in [5, 5.41) is 0.610. The summed E-state index contributed by atoms with van der Waals surface area (Å²) in [5.41, 5.74) is 6.61. The third-order valence-corrected chi connectivity index (χ3v) is 6.29. The van der Waals surface area contributed by atoms with E-state index in [2.05, 4.69) is 11.9 Å². The number of thioether (sulfide) groups is 2. The molecule has 2 rings (SSSR count). The maximum Gasteiger partial charge on any atom is 0.151 e. The average Bonchev–Trinajstić information content (AvgIpc) is 2.38. The number of carbonyl (C=O) groups excluding carboxylic acids is 1. The summed E-state index contributed by atoms with van der Waals surface area (Å²) in [5.74, 6) is 3.05. The van der Waals surface area contributed by atoms with E-state index in [1.807, 2.05) is 29.6 Å². The first-order valence-electron chi connectivity index (χ1n) is 6.17. The molecule has 0 spiro atoms. The highest BCUT2D eigenvalue weighted by Gasteiger charge is 2.30. The van der Waals surface area contributed by atoms with Crippen molar-refractivity contribution in [3.8, 4) is 0 Å². The van der Waals surface area contributed by atoms with Gasteiger partial charge >= 0.3 is 0 Å². The van der Waals surface area contributed by atoms with Crippen molar-refractivity contribution in [1.29, 1.82) is 0 Å². The molecule has 3 nitrogen and oxygen atoms in total. The van der Waals surface area contributed by atoms with E-state index in [1.54, 1.807) is 12.3 Å². The van der Waals surface area contributed by atoms with Crippen molar-refractivity contribution in [1.82, 2.24) is 4.98 Å². The Hall–Kier alpha value is -0.680. The van der Waals surface area contributed by atoms with Gasteiger partial charge in [0.25, 0.3) is 0 Å². The zero-order valence-electron chi connectivity index (χ0n) is 10.5. The molecule has 0 saturated carbocycles. The first-order valence-corrected chi connectivity index (χ1v) is 8.26. The van der Waals surface area contributed by atoms with Gasteiger partial charge in [0.05, 0.1) is 5.25 Å². The average molecular weight is 282 g/mol. The molecule has 2 atom stereocenters. The first kappa shape index (κ1) is 13.7. The summed E-state index contributed by atoms with van der Waals surface area (Å²) >= 11 is 3.74. The largest absolute Gasteiger partial charge is 0.384 e. The van der Waals surface area contributed by atoms with Crippen molar-refractivity contribution in [2.45, 2.75) is 30.3 Å². The van der Waals surface area contributed by atoms with Gasteiger partial charge in [-0.2, -0.15) is 11.8 Å². The molecule has 1 aromatic heterocycles. The number of Topliss-reactive ketones (excluding diaryl/α,β-unsaturated/α-hetero) is 1. The van der Waals surface area contributed by atoms with E-state index in [0.29, 0.717) is 23.3 Å². The highest BCUT2D eigenvalue weighted by atomic mass is 32.2. The number of anilines is 1. The van der Waals surface area contributed by atoms with Crippen LogP contribution in [-0.2, 0) is 11.2 Å². The molecule has 1 aliphatic heterocycles. The molecule has 1 aliphatic rings. The summed E-state index contributed by atoms with van der Waals surface area (Å²) in [6, 6.07) is 3.66. The van der Waals surface area contributed by atoms with E-state index in [9.17, 15) is 4.79 Å². The van der Waals surface area contributed by atoms with Crippen LogP contribution in [-0.4, -0.2) is 32.8 Å². The van der Waals surface area contributed by atoms with Gasteiger partial charge in [0, 0.05) is 29.4 Å². The van der Waals surface area contributed by atoms with Crippen LogP contribution in [0, 0.1) is 0 Å². The van der Waals surface area contributed by atoms with E-state index in [4.69, 9.17) is 5.73 Å². The summed E-state index contributed by atoms with van der Waals surface area (Å²) in [4.78, 5) is 16.3. The van der Waals surface area contributed by atoms with Crippen LogP contribution in [0.5, 0.6) is 0 Å². The number of carbonyl (C=O) groups is 1. The van der Waals surface area contributed by atoms with E-state index >= 15 is 0 Å². The predicted octanol–water partition coefficient (Wildman–Crippen LogP) is 2.40. The second-order valence-corrected chi connectivity index (χ2v) is 6.94. The second-order valence-electron chi connectivity index (χ2n) is 4.34. The van der Waals surface area contributed by atoms with Crippen molar-refractivity contribution >= 4 is 35.1 Å². The lowest BCUT2D eigenvalue weighted by molar-refractivity contribution is -0.117. The summed E-state index contributed by atoms with van der Waals surface area (Å²) in [7, 11) is 0. The number of nitrogens with two attached hydrogens (primary N) is 1. The third-order valence-electron chi connectivity index (χ3n) is 2.99. The van der Waals surface area contributed by atoms with Crippen LogP contribution < -0.4 is 5.73 Å². The van der Waals surface area contributed by atoms with Gasteiger partial charge in [0.1, 0.15) is 5.82 Å².